The molecule has 0 aliphatic rings. The summed E-state index contributed by atoms with van der Waals surface area (Å²) in [5.74, 6) is -0.195. The van der Waals surface area contributed by atoms with Crippen LogP contribution < -0.4 is 0 Å². The van der Waals surface area contributed by atoms with Gasteiger partial charge in [-0.2, -0.15) is 5.10 Å². The highest BCUT2D eigenvalue weighted by atomic mass is 32.1. The normalized spacial score (nSPS) is 12.7. The van der Waals surface area contributed by atoms with E-state index in [0.29, 0.717) is 10.3 Å². The van der Waals surface area contributed by atoms with E-state index in [2.05, 4.69) is 10.2 Å². The highest BCUT2D eigenvalue weighted by Crippen LogP contribution is 2.19. The molecule has 2 rings (SSSR count). The van der Waals surface area contributed by atoms with Gasteiger partial charge in [-0.1, -0.05) is 12.1 Å². The first-order chi connectivity index (χ1) is 7.59. The lowest BCUT2D eigenvalue weighted by molar-refractivity contribution is 0.594. The lowest BCUT2D eigenvalue weighted by Crippen LogP contribution is -2.06. The van der Waals surface area contributed by atoms with E-state index in [1.807, 2.05) is 13.0 Å². The number of aromatic amines is 1. The number of aryl methyl sites for hydroxylation is 1. The van der Waals surface area contributed by atoms with Gasteiger partial charge in [0.2, 0.25) is 0 Å². The van der Waals surface area contributed by atoms with E-state index in [4.69, 9.17) is 12.2 Å². The average molecular weight is 237 g/mol. The third-order valence-corrected chi connectivity index (χ3v) is 2.97. The summed E-state index contributed by atoms with van der Waals surface area (Å²) in [5.41, 5.74) is 1.52. The fourth-order valence-corrected chi connectivity index (χ4v) is 1.82. The molecule has 3 nitrogen and oxygen atoms in total. The molecule has 0 saturated carbocycles. The van der Waals surface area contributed by atoms with Crippen LogP contribution >= 0.6 is 12.2 Å². The SMILES string of the molecule is Cc1ccc(C(C)n2cn[nH]c2=S)cc1F. The summed E-state index contributed by atoms with van der Waals surface area (Å²) in [7, 11) is 0. The molecule has 5 heteroatoms. The Morgan fingerprint density at radius 1 is 1.50 bits per heavy atom. The smallest absolute Gasteiger partial charge is 0.195 e. The van der Waals surface area contributed by atoms with E-state index in [-0.39, 0.29) is 11.9 Å². The second-order valence-corrected chi connectivity index (χ2v) is 4.14. The number of rotatable bonds is 2. The Bertz CT molecular complexity index is 558. The van der Waals surface area contributed by atoms with Crippen molar-refractivity contribution >= 4 is 12.2 Å². The molecule has 0 spiro atoms. The molecule has 2 aromatic rings. The summed E-state index contributed by atoms with van der Waals surface area (Å²) in [6.07, 6.45) is 1.62. The standard InChI is InChI=1S/C11H12FN3S/c1-7-3-4-9(5-10(7)12)8(2)15-6-13-14-11(15)16/h3-6,8H,1-2H3,(H,14,16). The average Bonchev–Trinajstić information content (AvgIpc) is 2.67. The number of hydrogen-bond donors (Lipinski definition) is 1. The van der Waals surface area contributed by atoms with E-state index in [0.717, 1.165) is 5.56 Å². The molecular formula is C11H12FN3S. The number of halogens is 1. The molecule has 0 bridgehead atoms. The molecular weight excluding hydrogens is 225 g/mol. The van der Waals surface area contributed by atoms with Crippen LogP contribution in [0, 0.1) is 17.5 Å². The number of hydrogen-bond acceptors (Lipinski definition) is 2. The zero-order chi connectivity index (χ0) is 11.7. The van der Waals surface area contributed by atoms with E-state index in [9.17, 15) is 4.39 Å². The second kappa shape index (κ2) is 4.17. The van der Waals surface area contributed by atoms with E-state index in [1.165, 1.54) is 6.07 Å². The van der Waals surface area contributed by atoms with Crippen molar-refractivity contribution in [3.8, 4) is 0 Å². The molecule has 1 heterocycles. The molecule has 1 aromatic heterocycles. The number of H-pyrrole nitrogens is 1. The van der Waals surface area contributed by atoms with Gasteiger partial charge in [0.05, 0.1) is 6.04 Å². The molecule has 0 saturated heterocycles. The summed E-state index contributed by atoms with van der Waals surface area (Å²) in [6.45, 7) is 3.70. The second-order valence-electron chi connectivity index (χ2n) is 3.75. The van der Waals surface area contributed by atoms with Crippen LogP contribution in [0.15, 0.2) is 24.5 Å². The number of nitrogens with one attached hydrogen (secondary N) is 1. The first-order valence-corrected chi connectivity index (χ1v) is 5.38. The van der Waals surface area contributed by atoms with Crippen LogP contribution in [0.4, 0.5) is 4.39 Å². The van der Waals surface area contributed by atoms with Crippen LogP contribution in [-0.4, -0.2) is 14.8 Å². The highest BCUT2D eigenvalue weighted by Gasteiger charge is 2.10. The number of nitrogens with zero attached hydrogens (tertiary/aromatic N) is 2. The van der Waals surface area contributed by atoms with Crippen molar-refractivity contribution in [1.82, 2.24) is 14.8 Å². The Balaban J connectivity index is 2.42. The predicted molar refractivity (Wildman–Crippen MR) is 62.4 cm³/mol. The van der Waals surface area contributed by atoms with Crippen molar-refractivity contribution in [2.45, 2.75) is 19.9 Å². The van der Waals surface area contributed by atoms with Gasteiger partial charge >= 0.3 is 0 Å². The molecule has 0 radical (unpaired) electrons. The quantitative estimate of drug-likeness (QED) is 0.815. The van der Waals surface area contributed by atoms with Gasteiger partial charge < -0.3 is 0 Å². The summed E-state index contributed by atoms with van der Waals surface area (Å²) in [6, 6.07) is 5.18. The van der Waals surface area contributed by atoms with Gasteiger partial charge in [0.15, 0.2) is 4.77 Å². The van der Waals surface area contributed by atoms with Gasteiger partial charge in [0.25, 0.3) is 0 Å². The lowest BCUT2D eigenvalue weighted by atomic mass is 10.1. The van der Waals surface area contributed by atoms with Gasteiger partial charge in [0, 0.05) is 0 Å². The van der Waals surface area contributed by atoms with Gasteiger partial charge in [-0.25, -0.2) is 4.39 Å². The molecule has 0 fully saturated rings. The van der Waals surface area contributed by atoms with Crippen LogP contribution in [0.3, 0.4) is 0 Å². The zero-order valence-electron chi connectivity index (χ0n) is 9.07. The molecule has 1 aromatic carbocycles. The minimum Gasteiger partial charge on any atom is -0.299 e. The van der Waals surface area contributed by atoms with Crippen molar-refractivity contribution in [3.63, 3.8) is 0 Å². The highest BCUT2D eigenvalue weighted by molar-refractivity contribution is 7.71. The fourth-order valence-electron chi connectivity index (χ4n) is 1.56. The third-order valence-electron chi connectivity index (χ3n) is 2.67. The topological polar surface area (TPSA) is 33.6 Å². The Labute approximate surface area is 97.9 Å². The van der Waals surface area contributed by atoms with Crippen LogP contribution in [0.1, 0.15) is 24.1 Å². The van der Waals surface area contributed by atoms with Gasteiger partial charge in [-0.05, 0) is 43.3 Å². The maximum absolute atomic E-state index is 13.4. The van der Waals surface area contributed by atoms with Crippen molar-refractivity contribution in [2.24, 2.45) is 0 Å². The Morgan fingerprint density at radius 3 is 2.81 bits per heavy atom. The Morgan fingerprint density at radius 2 is 2.25 bits per heavy atom. The molecule has 0 amide bonds. The van der Waals surface area contributed by atoms with Crippen molar-refractivity contribution in [1.29, 1.82) is 0 Å². The van der Waals surface area contributed by atoms with Crippen LogP contribution in [0.5, 0.6) is 0 Å². The maximum Gasteiger partial charge on any atom is 0.195 e. The van der Waals surface area contributed by atoms with Gasteiger partial charge in [-0.3, -0.25) is 9.67 Å². The Kier molecular flexibility index (Phi) is 2.87. The molecule has 1 atom stereocenters. The summed E-state index contributed by atoms with van der Waals surface area (Å²) in [4.78, 5) is 0. The molecule has 0 aliphatic carbocycles. The molecule has 0 aliphatic heterocycles. The zero-order valence-corrected chi connectivity index (χ0v) is 9.88. The molecule has 1 unspecified atom stereocenters. The maximum atomic E-state index is 13.4. The van der Waals surface area contributed by atoms with E-state index >= 15 is 0 Å². The van der Waals surface area contributed by atoms with Crippen molar-refractivity contribution in [3.05, 3.63) is 46.2 Å². The first-order valence-electron chi connectivity index (χ1n) is 4.97. The van der Waals surface area contributed by atoms with E-state index < -0.39 is 0 Å². The lowest BCUT2D eigenvalue weighted by Gasteiger charge is -2.13. The minimum atomic E-state index is -0.195. The summed E-state index contributed by atoms with van der Waals surface area (Å²) in [5, 5.41) is 6.53. The van der Waals surface area contributed by atoms with Gasteiger partial charge in [-0.15, -0.1) is 0 Å². The number of aromatic nitrogens is 3. The molecule has 16 heavy (non-hydrogen) atoms. The van der Waals surface area contributed by atoms with Crippen LogP contribution in [-0.2, 0) is 0 Å². The summed E-state index contributed by atoms with van der Waals surface area (Å²) >= 11 is 5.07. The molecule has 84 valence electrons. The largest absolute Gasteiger partial charge is 0.299 e. The number of benzene rings is 1. The minimum absolute atomic E-state index is 0.0265. The fraction of sp³-hybridized carbons (Fsp3) is 0.273. The first kappa shape index (κ1) is 11.0. The van der Waals surface area contributed by atoms with Crippen molar-refractivity contribution < 1.29 is 4.39 Å². The predicted octanol–water partition coefficient (Wildman–Crippen LogP) is 3.00. The van der Waals surface area contributed by atoms with Crippen molar-refractivity contribution in [2.75, 3.05) is 0 Å². The van der Waals surface area contributed by atoms with Crippen LogP contribution in [0.25, 0.3) is 0 Å². The monoisotopic (exact) mass is 237 g/mol. The Hall–Kier alpha value is -1.49. The van der Waals surface area contributed by atoms with Crippen LogP contribution in [0.2, 0.25) is 0 Å². The van der Waals surface area contributed by atoms with E-state index in [1.54, 1.807) is 23.9 Å². The van der Waals surface area contributed by atoms with Gasteiger partial charge in [0.1, 0.15) is 12.1 Å². The third kappa shape index (κ3) is 1.90. The molecule has 1 N–H and O–H groups in total. The summed E-state index contributed by atoms with van der Waals surface area (Å²) < 4.78 is 15.7.